The molecular formula is AuBClF4Na. The predicted octanol–water partition coefficient (Wildman–Crippen LogP) is -4.69. The molecule has 0 unspecified atom stereocenters. The summed E-state index contributed by atoms with van der Waals surface area (Å²) in [5.74, 6) is 0. The third-order valence-corrected chi connectivity index (χ3v) is 0. The van der Waals surface area contributed by atoms with Crippen molar-refractivity contribution >= 4 is 7.25 Å². The second-order valence-corrected chi connectivity index (χ2v) is 0.495. The number of hydrogen-bond acceptors (Lipinski definition) is 0. The molecule has 0 saturated heterocycles. The van der Waals surface area contributed by atoms with Gasteiger partial charge in [0.25, 0.3) is 0 Å². The van der Waals surface area contributed by atoms with E-state index in [0.29, 0.717) is 0 Å². The van der Waals surface area contributed by atoms with Crippen LogP contribution in [-0.2, 0) is 22.4 Å². The Labute approximate surface area is 88.1 Å². The molecule has 0 fully saturated rings. The predicted molar refractivity (Wildman–Crippen MR) is 10.2 cm³/mol. The van der Waals surface area contributed by atoms with Crippen LogP contribution in [0.4, 0.5) is 17.3 Å². The molecule has 0 bridgehead atoms. The summed E-state index contributed by atoms with van der Waals surface area (Å²) in [4.78, 5) is 0. The van der Waals surface area contributed by atoms with E-state index in [-0.39, 0.29) is 64.3 Å². The molecule has 50 valence electrons. The van der Waals surface area contributed by atoms with Gasteiger partial charge >= 0.3 is 59.2 Å². The molecule has 0 rings (SSSR count). The Morgan fingerprint density at radius 3 is 0.875 bits per heavy atom. The van der Waals surface area contributed by atoms with Gasteiger partial charge in [0, 0.05) is 0 Å². The molecule has 0 heterocycles. The van der Waals surface area contributed by atoms with Crippen LogP contribution in [0.3, 0.4) is 0 Å². The number of hydrogen-bond donors (Lipinski definition) is 0. The van der Waals surface area contributed by atoms with Crippen LogP contribution < -0.4 is 42.0 Å². The monoisotopic (exact) mass is 342 g/mol. The minimum absolute atomic E-state index is 0. The van der Waals surface area contributed by atoms with E-state index in [4.69, 9.17) is 0 Å². The molecule has 0 N–H and O–H groups in total. The van der Waals surface area contributed by atoms with Crippen LogP contribution in [0, 0.1) is 0 Å². The van der Waals surface area contributed by atoms with Gasteiger partial charge in [-0.05, 0) is 0 Å². The Kier molecular flexibility index (Phi) is 24.9. The third-order valence-electron chi connectivity index (χ3n) is 0. The van der Waals surface area contributed by atoms with E-state index in [2.05, 4.69) is 0 Å². The van der Waals surface area contributed by atoms with Gasteiger partial charge in [-0.3, -0.25) is 0 Å². The zero-order valence-electron chi connectivity index (χ0n) is 3.77. The summed E-state index contributed by atoms with van der Waals surface area (Å²) in [6.07, 6.45) is 0. The van der Waals surface area contributed by atoms with E-state index in [1.807, 2.05) is 0 Å². The molecule has 0 aliphatic rings. The Morgan fingerprint density at radius 2 is 0.875 bits per heavy atom. The first kappa shape index (κ1) is 22.6. The molecule has 0 aliphatic heterocycles. The van der Waals surface area contributed by atoms with E-state index in [1.54, 1.807) is 0 Å². The summed E-state index contributed by atoms with van der Waals surface area (Å²) >= 11 is 0. The maximum absolute atomic E-state index is 9.75. The van der Waals surface area contributed by atoms with E-state index in [9.17, 15) is 17.3 Å². The zero-order chi connectivity index (χ0) is 4.50. The molecule has 0 aromatic carbocycles. The molecule has 8 heavy (non-hydrogen) atoms. The van der Waals surface area contributed by atoms with Gasteiger partial charge in [-0.15, -0.1) is 0 Å². The topological polar surface area (TPSA) is 0 Å². The smallest absolute Gasteiger partial charge is 1.00 e. The number of halogens is 5. The molecule has 0 amide bonds. The fourth-order valence-corrected chi connectivity index (χ4v) is 0. The fraction of sp³-hybridized carbons (Fsp3) is 0. The first-order chi connectivity index (χ1) is 2.00. The maximum Gasteiger partial charge on any atom is 1.00 e. The van der Waals surface area contributed by atoms with Crippen molar-refractivity contribution in [2.75, 3.05) is 0 Å². The van der Waals surface area contributed by atoms with Crippen LogP contribution in [0.15, 0.2) is 0 Å². The minimum atomic E-state index is -6.00. The second kappa shape index (κ2) is 8.82. The van der Waals surface area contributed by atoms with E-state index in [0.717, 1.165) is 0 Å². The van der Waals surface area contributed by atoms with Crippen LogP contribution in [0.1, 0.15) is 0 Å². The molecule has 0 aliphatic carbocycles. The van der Waals surface area contributed by atoms with Crippen LogP contribution in [-0.4, -0.2) is 7.25 Å². The molecule has 0 saturated carbocycles. The Hall–Kier alpha value is 1.82. The minimum Gasteiger partial charge on any atom is -1.00 e. The van der Waals surface area contributed by atoms with E-state index < -0.39 is 7.25 Å². The molecule has 0 radical (unpaired) electrons. The summed E-state index contributed by atoms with van der Waals surface area (Å²) in [7, 11) is -6.00. The van der Waals surface area contributed by atoms with Gasteiger partial charge in [-0.1, -0.05) is 0 Å². The number of rotatable bonds is 0. The quantitative estimate of drug-likeness (QED) is 0.307. The van der Waals surface area contributed by atoms with Gasteiger partial charge in [0.1, 0.15) is 0 Å². The summed E-state index contributed by atoms with van der Waals surface area (Å²) < 4.78 is 39.0. The summed E-state index contributed by atoms with van der Waals surface area (Å²) in [6.45, 7) is 0. The largest absolute Gasteiger partial charge is 1.00 e. The average Bonchev–Trinajstić information content (AvgIpc) is 0.722. The van der Waals surface area contributed by atoms with Crippen molar-refractivity contribution < 1.29 is 81.6 Å². The van der Waals surface area contributed by atoms with Crippen molar-refractivity contribution in [3.05, 3.63) is 0 Å². The van der Waals surface area contributed by atoms with Gasteiger partial charge < -0.3 is 29.7 Å². The van der Waals surface area contributed by atoms with Crippen LogP contribution in [0.2, 0.25) is 0 Å². The van der Waals surface area contributed by atoms with Gasteiger partial charge in [-0.25, -0.2) is 0 Å². The molecule has 0 spiro atoms. The van der Waals surface area contributed by atoms with E-state index >= 15 is 0 Å². The third kappa shape index (κ3) is 110. The van der Waals surface area contributed by atoms with Crippen molar-refractivity contribution in [2.24, 2.45) is 0 Å². The van der Waals surface area contributed by atoms with Crippen LogP contribution >= 0.6 is 0 Å². The maximum atomic E-state index is 9.75. The van der Waals surface area contributed by atoms with Gasteiger partial charge in [-0.2, -0.15) is 0 Å². The standard InChI is InChI=1S/Au.BF4.ClH.Na/c;2-1(3,4)5;;/h;;1H;/q+1;-1;;+1/p-1. The molecule has 0 atom stereocenters. The zero-order valence-corrected chi connectivity index (χ0v) is 8.69. The Morgan fingerprint density at radius 1 is 0.875 bits per heavy atom. The molecule has 0 nitrogen and oxygen atoms in total. The molecular weight excluding hydrogens is 342 g/mol. The van der Waals surface area contributed by atoms with Crippen molar-refractivity contribution in [2.45, 2.75) is 0 Å². The van der Waals surface area contributed by atoms with Crippen molar-refractivity contribution in [1.29, 1.82) is 0 Å². The van der Waals surface area contributed by atoms with E-state index in [1.165, 1.54) is 0 Å². The molecule has 0 aromatic heterocycles. The van der Waals surface area contributed by atoms with Gasteiger partial charge in [0.05, 0.1) is 0 Å². The summed E-state index contributed by atoms with van der Waals surface area (Å²) in [6, 6.07) is 0. The Bertz CT molecular complexity index is 31.5. The van der Waals surface area contributed by atoms with Crippen LogP contribution in [0.5, 0.6) is 0 Å². The SMILES string of the molecule is F[B-](F)(F)F.[Au+].[Cl-].[Na+]. The normalized spacial score (nSPS) is 7.50. The summed E-state index contributed by atoms with van der Waals surface area (Å²) in [5.41, 5.74) is 0. The van der Waals surface area contributed by atoms with Crippen LogP contribution in [0.25, 0.3) is 0 Å². The molecule has 8 heteroatoms. The van der Waals surface area contributed by atoms with Crippen molar-refractivity contribution in [1.82, 2.24) is 0 Å². The van der Waals surface area contributed by atoms with Gasteiger partial charge in [0.2, 0.25) is 0 Å². The first-order valence-corrected chi connectivity index (χ1v) is 0.873. The van der Waals surface area contributed by atoms with Gasteiger partial charge in [0.15, 0.2) is 0 Å². The first-order valence-electron chi connectivity index (χ1n) is 0.873. The second-order valence-electron chi connectivity index (χ2n) is 0.495. The molecule has 0 aromatic rings. The fourth-order valence-electron chi connectivity index (χ4n) is 0. The van der Waals surface area contributed by atoms with Crippen molar-refractivity contribution in [3.8, 4) is 0 Å². The Balaban J connectivity index is -0.0000000267. The average molecular weight is 342 g/mol. The van der Waals surface area contributed by atoms with Crippen molar-refractivity contribution in [3.63, 3.8) is 0 Å². The summed E-state index contributed by atoms with van der Waals surface area (Å²) in [5, 5.41) is 0.